The quantitative estimate of drug-likeness (QED) is 0.727. The molecule has 2 atom stereocenters. The van der Waals surface area contributed by atoms with Gasteiger partial charge in [-0.3, -0.25) is 0 Å². The van der Waals surface area contributed by atoms with Crippen LogP contribution in [0.25, 0.3) is 0 Å². The van der Waals surface area contributed by atoms with E-state index in [0.717, 1.165) is 24.9 Å². The van der Waals surface area contributed by atoms with E-state index in [0.29, 0.717) is 6.10 Å². The summed E-state index contributed by atoms with van der Waals surface area (Å²) >= 11 is 0. The van der Waals surface area contributed by atoms with Crippen molar-refractivity contribution in [1.29, 1.82) is 5.26 Å². The van der Waals surface area contributed by atoms with Crippen LogP contribution in [0.5, 0.6) is 0 Å². The lowest BCUT2D eigenvalue weighted by Gasteiger charge is -2.31. The van der Waals surface area contributed by atoms with Gasteiger partial charge in [0.25, 0.3) is 0 Å². The Morgan fingerprint density at radius 2 is 1.75 bits per heavy atom. The molecule has 1 saturated carbocycles. The molecule has 0 N–H and O–H groups in total. The lowest BCUT2D eigenvalue weighted by atomic mass is 9.82. The molecule has 1 fully saturated rings. The van der Waals surface area contributed by atoms with E-state index < -0.39 is 0 Å². The highest BCUT2D eigenvalue weighted by molar-refractivity contribution is 4.91. The van der Waals surface area contributed by atoms with Crippen molar-refractivity contribution in [2.75, 3.05) is 6.61 Å². The SMILES string of the molecule is CC1CC(C)CC(OCCC(C)(C)C#N)C1. The maximum absolute atomic E-state index is 8.91. The fraction of sp³-hybridized carbons (Fsp3) is 0.929. The third-order valence-corrected chi connectivity index (χ3v) is 3.52. The number of ether oxygens (including phenoxy) is 1. The topological polar surface area (TPSA) is 33.0 Å². The van der Waals surface area contributed by atoms with Gasteiger partial charge in [0.15, 0.2) is 0 Å². The Balaban J connectivity index is 2.25. The lowest BCUT2D eigenvalue weighted by Crippen LogP contribution is -2.27. The predicted molar refractivity (Wildman–Crippen MR) is 65.9 cm³/mol. The van der Waals surface area contributed by atoms with E-state index >= 15 is 0 Å². The highest BCUT2D eigenvalue weighted by Crippen LogP contribution is 2.30. The third-order valence-electron chi connectivity index (χ3n) is 3.52. The molecule has 0 spiro atoms. The molecule has 2 unspecified atom stereocenters. The number of rotatable bonds is 4. The Morgan fingerprint density at radius 3 is 2.25 bits per heavy atom. The van der Waals surface area contributed by atoms with Gasteiger partial charge in [0.2, 0.25) is 0 Å². The minimum Gasteiger partial charge on any atom is -0.378 e. The third kappa shape index (κ3) is 4.53. The van der Waals surface area contributed by atoms with Crippen molar-refractivity contribution in [3.05, 3.63) is 0 Å². The van der Waals surface area contributed by atoms with Gasteiger partial charge in [-0.15, -0.1) is 0 Å². The zero-order valence-electron chi connectivity index (χ0n) is 11.1. The van der Waals surface area contributed by atoms with Gasteiger partial charge in [0, 0.05) is 6.61 Å². The van der Waals surface area contributed by atoms with Gasteiger partial charge in [0.1, 0.15) is 0 Å². The summed E-state index contributed by atoms with van der Waals surface area (Å²) in [6, 6.07) is 2.32. The van der Waals surface area contributed by atoms with E-state index in [1.54, 1.807) is 0 Å². The summed E-state index contributed by atoms with van der Waals surface area (Å²) in [7, 11) is 0. The van der Waals surface area contributed by atoms with Gasteiger partial charge in [0.05, 0.1) is 17.6 Å². The average Bonchev–Trinajstić information content (AvgIpc) is 2.16. The van der Waals surface area contributed by atoms with E-state index in [1.807, 2.05) is 13.8 Å². The maximum Gasteiger partial charge on any atom is 0.0684 e. The first-order valence-corrected chi connectivity index (χ1v) is 6.46. The molecule has 0 amide bonds. The van der Waals surface area contributed by atoms with Gasteiger partial charge < -0.3 is 4.74 Å². The van der Waals surface area contributed by atoms with E-state index in [-0.39, 0.29) is 5.41 Å². The highest BCUT2D eigenvalue weighted by atomic mass is 16.5. The van der Waals surface area contributed by atoms with Crippen molar-refractivity contribution in [3.63, 3.8) is 0 Å². The largest absolute Gasteiger partial charge is 0.378 e. The van der Waals surface area contributed by atoms with Crippen LogP contribution >= 0.6 is 0 Å². The average molecular weight is 223 g/mol. The lowest BCUT2D eigenvalue weighted by molar-refractivity contribution is -0.00637. The zero-order valence-corrected chi connectivity index (χ0v) is 11.1. The second kappa shape index (κ2) is 5.68. The summed E-state index contributed by atoms with van der Waals surface area (Å²) in [6.07, 6.45) is 4.98. The van der Waals surface area contributed by atoms with Gasteiger partial charge in [-0.2, -0.15) is 5.26 Å². The van der Waals surface area contributed by atoms with E-state index in [1.165, 1.54) is 19.3 Å². The molecule has 16 heavy (non-hydrogen) atoms. The molecule has 1 aliphatic carbocycles. The summed E-state index contributed by atoms with van der Waals surface area (Å²) in [5, 5.41) is 8.91. The van der Waals surface area contributed by atoms with Gasteiger partial charge in [-0.05, 0) is 51.4 Å². The van der Waals surface area contributed by atoms with Crippen molar-refractivity contribution >= 4 is 0 Å². The maximum atomic E-state index is 8.91. The van der Waals surface area contributed by atoms with Gasteiger partial charge in [-0.25, -0.2) is 0 Å². The molecule has 0 aromatic carbocycles. The van der Waals surface area contributed by atoms with Crippen LogP contribution in [-0.2, 0) is 4.74 Å². The molecule has 2 nitrogen and oxygen atoms in total. The monoisotopic (exact) mass is 223 g/mol. The fourth-order valence-electron chi connectivity index (χ4n) is 2.55. The first kappa shape index (κ1) is 13.5. The summed E-state index contributed by atoms with van der Waals surface area (Å²) in [5.41, 5.74) is -0.244. The van der Waals surface area contributed by atoms with E-state index in [2.05, 4.69) is 19.9 Å². The Kier molecular flexibility index (Phi) is 4.80. The molecule has 0 radical (unpaired) electrons. The summed E-state index contributed by atoms with van der Waals surface area (Å²) in [5.74, 6) is 1.58. The first-order chi connectivity index (χ1) is 7.43. The molecule has 1 aliphatic rings. The second-order valence-electron chi connectivity index (χ2n) is 6.16. The van der Waals surface area contributed by atoms with Crippen molar-refractivity contribution in [3.8, 4) is 6.07 Å². The van der Waals surface area contributed by atoms with Crippen LogP contribution in [0.3, 0.4) is 0 Å². The molecule has 2 heteroatoms. The van der Waals surface area contributed by atoms with Crippen LogP contribution in [0.15, 0.2) is 0 Å². The number of hydrogen-bond acceptors (Lipinski definition) is 2. The van der Waals surface area contributed by atoms with Crippen LogP contribution in [-0.4, -0.2) is 12.7 Å². The zero-order chi connectivity index (χ0) is 12.2. The van der Waals surface area contributed by atoms with Crippen LogP contribution in [0.1, 0.15) is 53.4 Å². The fourth-order valence-corrected chi connectivity index (χ4v) is 2.55. The number of hydrogen-bond donors (Lipinski definition) is 0. The van der Waals surface area contributed by atoms with Crippen molar-refractivity contribution in [2.24, 2.45) is 17.3 Å². The van der Waals surface area contributed by atoms with Crippen molar-refractivity contribution in [2.45, 2.75) is 59.5 Å². The normalized spacial score (nSPS) is 31.1. The van der Waals surface area contributed by atoms with Crippen molar-refractivity contribution in [1.82, 2.24) is 0 Å². The summed E-state index contributed by atoms with van der Waals surface area (Å²) in [6.45, 7) is 9.30. The smallest absolute Gasteiger partial charge is 0.0684 e. The van der Waals surface area contributed by atoms with E-state index in [9.17, 15) is 0 Å². The molecule has 0 aliphatic heterocycles. The summed E-state index contributed by atoms with van der Waals surface area (Å²) in [4.78, 5) is 0. The van der Waals surface area contributed by atoms with Gasteiger partial charge in [-0.1, -0.05) is 13.8 Å². The van der Waals surface area contributed by atoms with E-state index in [4.69, 9.17) is 10.00 Å². The number of nitrogens with zero attached hydrogens (tertiary/aromatic N) is 1. The van der Waals surface area contributed by atoms with Crippen LogP contribution < -0.4 is 0 Å². The molecule has 0 aromatic rings. The highest BCUT2D eigenvalue weighted by Gasteiger charge is 2.25. The minimum atomic E-state index is -0.244. The summed E-state index contributed by atoms with van der Waals surface area (Å²) < 4.78 is 5.91. The van der Waals surface area contributed by atoms with Crippen molar-refractivity contribution < 1.29 is 4.74 Å². The molecule has 92 valence electrons. The van der Waals surface area contributed by atoms with Crippen LogP contribution in [0.2, 0.25) is 0 Å². The Hall–Kier alpha value is -0.550. The molecule has 1 rings (SSSR count). The predicted octanol–water partition coefficient (Wildman–Crippen LogP) is 3.77. The Morgan fingerprint density at radius 1 is 1.19 bits per heavy atom. The molecule has 0 bridgehead atoms. The molecule has 0 saturated heterocycles. The van der Waals surface area contributed by atoms with Crippen LogP contribution in [0, 0.1) is 28.6 Å². The minimum absolute atomic E-state index is 0.244. The second-order valence-corrected chi connectivity index (χ2v) is 6.16. The molecule has 0 aromatic heterocycles. The molecular formula is C14H25NO. The van der Waals surface area contributed by atoms with Crippen LogP contribution in [0.4, 0.5) is 0 Å². The standard InChI is InChI=1S/C14H25NO/c1-11-7-12(2)9-13(8-11)16-6-5-14(3,4)10-15/h11-13H,5-9H2,1-4H3. The Labute approximate surface area is 100.0 Å². The number of nitriles is 1. The van der Waals surface area contributed by atoms with Gasteiger partial charge >= 0.3 is 0 Å². The first-order valence-electron chi connectivity index (χ1n) is 6.46. The molecular weight excluding hydrogens is 198 g/mol. The Bertz CT molecular complexity index is 244. The molecule has 0 heterocycles.